The lowest BCUT2D eigenvalue weighted by Crippen LogP contribution is -2.74. The molecular weight excluding hydrogens is 386 g/mol. The molecule has 26 heavy (non-hydrogen) atoms. The molecule has 0 aromatic carbocycles. The van der Waals surface area contributed by atoms with Gasteiger partial charge in [-0.2, -0.15) is 0 Å². The van der Waals surface area contributed by atoms with Crippen molar-refractivity contribution < 1.29 is 27.6 Å². The van der Waals surface area contributed by atoms with Crippen LogP contribution in [0.25, 0.3) is 0 Å². The zero-order valence-electron chi connectivity index (χ0n) is 14.5. The molecule has 0 aliphatic carbocycles. The van der Waals surface area contributed by atoms with E-state index in [1.54, 1.807) is 13.8 Å². The maximum absolute atomic E-state index is 12.6. The summed E-state index contributed by atoms with van der Waals surface area (Å²) in [4.78, 5) is 33.5. The van der Waals surface area contributed by atoms with Crippen LogP contribution >= 0.6 is 11.3 Å². The van der Waals surface area contributed by atoms with Crippen LogP contribution in [0.15, 0.2) is 10.5 Å². The van der Waals surface area contributed by atoms with E-state index in [1.807, 2.05) is 0 Å². The molecule has 13 heteroatoms. The van der Waals surface area contributed by atoms with Gasteiger partial charge in [-0.25, -0.2) is 13.4 Å². The molecule has 3 N–H and O–H groups in total. The maximum Gasteiger partial charge on any atom is 0.278 e. The molecule has 1 fully saturated rings. The molecule has 2 heterocycles. The lowest BCUT2D eigenvalue weighted by molar-refractivity contribution is -0.165. The molecule has 1 unspecified atom stereocenters. The van der Waals surface area contributed by atoms with Crippen molar-refractivity contribution in [2.45, 2.75) is 25.7 Å². The Balaban J connectivity index is 2.28. The van der Waals surface area contributed by atoms with E-state index in [0.29, 0.717) is 0 Å². The highest BCUT2D eigenvalue weighted by Gasteiger charge is 2.49. The van der Waals surface area contributed by atoms with Crippen LogP contribution in [-0.4, -0.2) is 62.7 Å². The second kappa shape index (κ2) is 7.55. The number of hydrogen-bond donors (Lipinski definition) is 3. The van der Waals surface area contributed by atoms with Crippen molar-refractivity contribution in [1.82, 2.24) is 15.6 Å². The van der Waals surface area contributed by atoms with Gasteiger partial charge in [0, 0.05) is 12.5 Å². The lowest BCUT2D eigenvalue weighted by Gasteiger charge is -2.39. The summed E-state index contributed by atoms with van der Waals surface area (Å²) in [6.45, 7) is 3.53. The van der Waals surface area contributed by atoms with Gasteiger partial charge < -0.3 is 20.2 Å². The summed E-state index contributed by atoms with van der Waals surface area (Å²) < 4.78 is 29.9. The molecule has 1 aliphatic heterocycles. The van der Waals surface area contributed by atoms with Crippen LogP contribution in [0.3, 0.4) is 0 Å². The normalized spacial score (nSPS) is 20.3. The summed E-state index contributed by atoms with van der Waals surface area (Å²) in [5.74, 6) is -1.24. The van der Waals surface area contributed by atoms with Crippen molar-refractivity contribution in [2.75, 3.05) is 24.6 Å². The number of rotatable bonds is 8. The number of β-lactam (4-membered cyclic amide) rings is 1. The minimum atomic E-state index is -3.52. The van der Waals surface area contributed by atoms with Gasteiger partial charge in [-0.05, 0) is 13.8 Å². The van der Waals surface area contributed by atoms with Gasteiger partial charge in [0.05, 0.1) is 12.8 Å². The number of nitrogens with zero attached hydrogens (tertiary/aromatic N) is 2. The second-order valence-corrected chi connectivity index (χ2v) is 8.28. The monoisotopic (exact) mass is 405 g/mol. The number of sulfonamides is 1. The summed E-state index contributed by atoms with van der Waals surface area (Å²) in [6.07, 6.45) is 0.670. The molecule has 1 saturated heterocycles. The Kier molecular flexibility index (Phi) is 5.83. The topological polar surface area (TPSA) is 148 Å². The fraction of sp³-hybridized carbons (Fsp3) is 0.538. The van der Waals surface area contributed by atoms with Crippen LogP contribution in [0.2, 0.25) is 0 Å². The molecule has 144 valence electrons. The first-order valence-corrected chi connectivity index (χ1v) is 10.2. The van der Waals surface area contributed by atoms with Gasteiger partial charge in [-0.3, -0.25) is 14.3 Å². The van der Waals surface area contributed by atoms with E-state index in [1.165, 1.54) is 12.5 Å². The number of aromatic nitrogens is 1. The molecule has 1 aromatic rings. The van der Waals surface area contributed by atoms with Crippen molar-refractivity contribution in [1.29, 1.82) is 0 Å². The van der Waals surface area contributed by atoms with E-state index in [4.69, 9.17) is 9.57 Å². The Labute approximate surface area is 154 Å². The third-order valence-corrected chi connectivity index (χ3v) is 4.57. The molecule has 0 radical (unpaired) electrons. The number of amides is 2. The number of carbonyl (C=O) groups excluding carboxylic acids is 2. The van der Waals surface area contributed by atoms with Gasteiger partial charge in [0.25, 0.3) is 11.8 Å². The largest absolute Gasteiger partial charge is 0.392 e. The Morgan fingerprint density at radius 3 is 2.65 bits per heavy atom. The van der Waals surface area contributed by atoms with E-state index in [0.717, 1.165) is 17.6 Å². The predicted molar refractivity (Wildman–Crippen MR) is 94.2 cm³/mol. The number of anilines is 1. The first-order chi connectivity index (χ1) is 12.1. The van der Waals surface area contributed by atoms with Crippen LogP contribution in [-0.2, 0) is 29.2 Å². The molecule has 11 nitrogen and oxygen atoms in total. The fourth-order valence-electron chi connectivity index (χ4n) is 1.83. The van der Waals surface area contributed by atoms with Crippen molar-refractivity contribution in [3.05, 3.63) is 11.1 Å². The zero-order valence-corrected chi connectivity index (χ0v) is 16.2. The van der Waals surface area contributed by atoms with Gasteiger partial charge in [0.15, 0.2) is 10.8 Å². The van der Waals surface area contributed by atoms with Crippen LogP contribution < -0.4 is 15.4 Å². The first-order valence-electron chi connectivity index (χ1n) is 7.40. The van der Waals surface area contributed by atoms with Gasteiger partial charge in [-0.1, -0.05) is 5.16 Å². The van der Waals surface area contributed by atoms with E-state index in [9.17, 15) is 18.0 Å². The van der Waals surface area contributed by atoms with Crippen molar-refractivity contribution in [3.63, 3.8) is 0 Å². The molecule has 2 rings (SSSR count). The molecule has 2 amide bonds. The van der Waals surface area contributed by atoms with E-state index >= 15 is 0 Å². The number of oxime groups is 1. The minimum Gasteiger partial charge on any atom is -0.392 e. The average Bonchev–Trinajstić information content (AvgIpc) is 2.96. The fourth-order valence-corrected chi connectivity index (χ4v) is 3.38. The summed E-state index contributed by atoms with van der Waals surface area (Å²) in [5.41, 5.74) is -1.61. The highest BCUT2D eigenvalue weighted by molar-refractivity contribution is 7.92. The van der Waals surface area contributed by atoms with Gasteiger partial charge >= 0.3 is 0 Å². The molecule has 0 bridgehead atoms. The summed E-state index contributed by atoms with van der Waals surface area (Å²) in [5, 5.41) is 10.2. The third kappa shape index (κ3) is 4.68. The predicted octanol–water partition coefficient (Wildman–Crippen LogP) is -0.768. The Morgan fingerprint density at radius 1 is 1.50 bits per heavy atom. The summed E-state index contributed by atoms with van der Waals surface area (Å²) in [6, 6.07) is 0. The number of carbonyl (C=O) groups is 2. The standard InChI is InChI=1S/C13H19N5O6S2/c1-7(2)24-17-9(8-5-25-12(15-8)18-26(4,21)22)10(19)16-13(23-3)6-14-11(13)20/h5,7H,6H2,1-4H3,(H,14,20)(H,15,18)(H,16,19). The Hall–Kier alpha value is -2.25. The number of thiazole rings is 1. The Morgan fingerprint density at radius 2 is 2.19 bits per heavy atom. The highest BCUT2D eigenvalue weighted by atomic mass is 32.2. The van der Waals surface area contributed by atoms with Crippen LogP contribution in [0, 0.1) is 0 Å². The van der Waals surface area contributed by atoms with Crippen molar-refractivity contribution >= 4 is 44.0 Å². The number of methoxy groups -OCH3 is 1. The number of ether oxygens (including phenoxy) is 1. The van der Waals surface area contributed by atoms with Crippen LogP contribution in [0.1, 0.15) is 19.5 Å². The lowest BCUT2D eigenvalue weighted by atomic mass is 10.1. The quantitative estimate of drug-likeness (QED) is 0.223. The summed E-state index contributed by atoms with van der Waals surface area (Å²) in [7, 11) is -2.23. The second-order valence-electron chi connectivity index (χ2n) is 5.67. The Bertz CT molecular complexity index is 830. The first kappa shape index (κ1) is 20.1. The molecule has 0 saturated carbocycles. The van der Waals surface area contributed by atoms with E-state index in [-0.39, 0.29) is 29.2 Å². The summed E-state index contributed by atoms with van der Waals surface area (Å²) >= 11 is 0.972. The number of hydrogen-bond acceptors (Lipinski definition) is 9. The van der Waals surface area contributed by atoms with Gasteiger partial charge in [0.1, 0.15) is 11.8 Å². The zero-order chi connectivity index (χ0) is 19.5. The van der Waals surface area contributed by atoms with Crippen LogP contribution in [0.4, 0.5) is 5.13 Å². The maximum atomic E-state index is 12.6. The van der Waals surface area contributed by atoms with E-state index in [2.05, 4.69) is 25.5 Å². The van der Waals surface area contributed by atoms with Crippen molar-refractivity contribution in [2.24, 2.45) is 5.16 Å². The smallest absolute Gasteiger partial charge is 0.278 e. The van der Waals surface area contributed by atoms with Gasteiger partial charge in [-0.15, -0.1) is 11.3 Å². The van der Waals surface area contributed by atoms with Gasteiger partial charge in [0.2, 0.25) is 15.7 Å². The molecule has 1 aliphatic rings. The molecule has 1 atom stereocenters. The number of nitrogens with one attached hydrogen (secondary N) is 3. The van der Waals surface area contributed by atoms with Crippen molar-refractivity contribution in [3.8, 4) is 0 Å². The SMILES string of the molecule is COC1(NC(=O)C(=NOC(C)C)c2csc(NS(C)(=O)=O)n2)CNC1=O. The molecular formula is C13H19N5O6S2. The van der Waals surface area contributed by atoms with E-state index < -0.39 is 27.6 Å². The minimum absolute atomic E-state index is 0.0652. The van der Waals surface area contributed by atoms with Crippen LogP contribution in [0.5, 0.6) is 0 Å². The molecule has 1 aromatic heterocycles. The average molecular weight is 405 g/mol. The molecule has 0 spiro atoms. The highest BCUT2D eigenvalue weighted by Crippen LogP contribution is 2.19. The third-order valence-electron chi connectivity index (χ3n) is 3.12.